The largest absolute Gasteiger partial charge is 0.242 e. The number of nitrogens with zero attached hydrogens (tertiary/aromatic N) is 3. The van der Waals surface area contributed by atoms with Gasteiger partial charge in [-0.05, 0) is 19.8 Å². The van der Waals surface area contributed by atoms with Crippen molar-refractivity contribution in [1.82, 2.24) is 9.97 Å². The van der Waals surface area contributed by atoms with Gasteiger partial charge in [-0.1, -0.05) is 0 Å². The number of hydrogen-bond donors (Lipinski definition) is 0. The first kappa shape index (κ1) is 8.08. The van der Waals surface area contributed by atoms with E-state index < -0.39 is 0 Å². The molecule has 0 atom stereocenters. The zero-order valence-electron chi connectivity index (χ0n) is 7.32. The highest BCUT2D eigenvalue weighted by Gasteiger charge is 2.25. The highest BCUT2D eigenvalue weighted by Crippen LogP contribution is 2.39. The van der Waals surface area contributed by atoms with Gasteiger partial charge in [-0.15, -0.1) is 4.99 Å². The van der Waals surface area contributed by atoms with Crippen LogP contribution in [0.2, 0.25) is 0 Å². The minimum atomic E-state index is 0.421. The molecule has 0 N–H and O–H groups in total. The third-order valence-electron chi connectivity index (χ3n) is 2.00. The molecular formula is C9H9N3O. The average molecular weight is 175 g/mol. The zero-order chi connectivity index (χ0) is 9.26. The molecular weight excluding hydrogens is 166 g/mol. The Balaban J connectivity index is 2.40. The molecule has 0 unspecified atom stereocenters. The SMILES string of the molecule is Cc1nc(N=C=O)cc(C2CC2)n1. The summed E-state index contributed by atoms with van der Waals surface area (Å²) in [5, 5.41) is 0. The summed E-state index contributed by atoms with van der Waals surface area (Å²) in [5.41, 5.74) is 1.00. The molecule has 0 spiro atoms. The molecule has 0 radical (unpaired) electrons. The molecule has 1 saturated carbocycles. The molecule has 1 aromatic heterocycles. The van der Waals surface area contributed by atoms with E-state index in [9.17, 15) is 4.79 Å². The molecule has 0 bridgehead atoms. The molecule has 1 aromatic rings. The first-order valence-corrected chi connectivity index (χ1v) is 4.23. The van der Waals surface area contributed by atoms with Crippen LogP contribution < -0.4 is 0 Å². The van der Waals surface area contributed by atoms with Crippen LogP contribution >= 0.6 is 0 Å². The van der Waals surface area contributed by atoms with Crippen LogP contribution in [-0.2, 0) is 4.79 Å². The lowest BCUT2D eigenvalue weighted by molar-refractivity contribution is 0.565. The van der Waals surface area contributed by atoms with Crippen LogP contribution in [0.4, 0.5) is 5.82 Å². The topological polar surface area (TPSA) is 55.2 Å². The molecule has 4 nitrogen and oxygen atoms in total. The van der Waals surface area contributed by atoms with Crippen LogP contribution in [0.5, 0.6) is 0 Å². The molecule has 0 aromatic carbocycles. The highest BCUT2D eigenvalue weighted by molar-refractivity contribution is 5.45. The monoisotopic (exact) mass is 175 g/mol. The Morgan fingerprint density at radius 2 is 2.31 bits per heavy atom. The van der Waals surface area contributed by atoms with E-state index in [0.29, 0.717) is 17.6 Å². The summed E-state index contributed by atoms with van der Waals surface area (Å²) in [7, 11) is 0. The summed E-state index contributed by atoms with van der Waals surface area (Å²) in [5.74, 6) is 1.64. The Bertz CT molecular complexity index is 378. The number of hydrogen-bond acceptors (Lipinski definition) is 4. The van der Waals surface area contributed by atoms with Gasteiger partial charge in [0, 0.05) is 17.7 Å². The Labute approximate surface area is 75.7 Å². The molecule has 4 heteroatoms. The second-order valence-corrected chi connectivity index (χ2v) is 3.18. The Morgan fingerprint density at radius 1 is 1.54 bits per heavy atom. The van der Waals surface area contributed by atoms with Crippen LogP contribution in [0.15, 0.2) is 11.1 Å². The Hall–Kier alpha value is -1.54. The van der Waals surface area contributed by atoms with Gasteiger partial charge in [-0.2, -0.15) is 0 Å². The predicted octanol–water partition coefficient (Wildman–Crippen LogP) is 1.63. The summed E-state index contributed by atoms with van der Waals surface area (Å²) in [6.07, 6.45) is 3.84. The highest BCUT2D eigenvalue weighted by atomic mass is 16.1. The van der Waals surface area contributed by atoms with Crippen molar-refractivity contribution in [2.24, 2.45) is 4.99 Å². The molecule has 13 heavy (non-hydrogen) atoms. The van der Waals surface area contributed by atoms with E-state index in [0.717, 1.165) is 5.69 Å². The van der Waals surface area contributed by atoms with Gasteiger partial charge in [0.25, 0.3) is 0 Å². The third kappa shape index (κ3) is 1.79. The second-order valence-electron chi connectivity index (χ2n) is 3.18. The van der Waals surface area contributed by atoms with Gasteiger partial charge in [0.1, 0.15) is 5.82 Å². The van der Waals surface area contributed by atoms with Crippen LogP contribution in [0.1, 0.15) is 30.3 Å². The van der Waals surface area contributed by atoms with E-state index in [-0.39, 0.29) is 0 Å². The number of aryl methyl sites for hydroxylation is 1. The lowest BCUT2D eigenvalue weighted by Crippen LogP contribution is -1.92. The van der Waals surface area contributed by atoms with E-state index in [1.54, 1.807) is 13.0 Å². The summed E-state index contributed by atoms with van der Waals surface area (Å²) in [6.45, 7) is 1.80. The number of aliphatic imine (C=N–C) groups is 1. The summed E-state index contributed by atoms with van der Waals surface area (Å²) in [4.78, 5) is 21.8. The van der Waals surface area contributed by atoms with Crippen molar-refractivity contribution in [2.75, 3.05) is 0 Å². The van der Waals surface area contributed by atoms with Gasteiger partial charge in [0.15, 0.2) is 5.82 Å². The Morgan fingerprint density at radius 3 is 2.92 bits per heavy atom. The fourth-order valence-electron chi connectivity index (χ4n) is 1.27. The maximum absolute atomic E-state index is 10.0. The van der Waals surface area contributed by atoms with Gasteiger partial charge in [0.2, 0.25) is 6.08 Å². The summed E-state index contributed by atoms with van der Waals surface area (Å²) >= 11 is 0. The Kier molecular flexibility index (Phi) is 1.91. The van der Waals surface area contributed by atoms with Gasteiger partial charge in [-0.25, -0.2) is 14.8 Å². The van der Waals surface area contributed by atoms with Crippen molar-refractivity contribution < 1.29 is 4.79 Å². The zero-order valence-corrected chi connectivity index (χ0v) is 7.32. The molecule has 2 rings (SSSR count). The van der Waals surface area contributed by atoms with Gasteiger partial charge in [0.05, 0.1) is 0 Å². The third-order valence-corrected chi connectivity index (χ3v) is 2.00. The maximum Gasteiger partial charge on any atom is 0.242 e. The molecule has 0 aliphatic heterocycles. The van der Waals surface area contributed by atoms with Gasteiger partial charge in [-0.3, -0.25) is 0 Å². The fourth-order valence-corrected chi connectivity index (χ4v) is 1.27. The summed E-state index contributed by atoms with van der Waals surface area (Å²) in [6, 6.07) is 1.76. The predicted molar refractivity (Wildman–Crippen MR) is 46.5 cm³/mol. The molecule has 0 amide bonds. The molecule has 0 saturated heterocycles. The van der Waals surface area contributed by atoms with Crippen molar-refractivity contribution in [3.63, 3.8) is 0 Å². The standard InChI is InChI=1S/C9H9N3O/c1-6-11-8(7-2-3-7)4-9(12-6)10-5-13/h4,7H,2-3H2,1H3. The van der Waals surface area contributed by atoms with E-state index >= 15 is 0 Å². The van der Waals surface area contributed by atoms with E-state index in [1.165, 1.54) is 18.9 Å². The smallest absolute Gasteiger partial charge is 0.238 e. The maximum atomic E-state index is 10.0. The van der Waals surface area contributed by atoms with Crippen molar-refractivity contribution in [2.45, 2.75) is 25.7 Å². The molecule has 1 fully saturated rings. The molecule has 1 heterocycles. The van der Waals surface area contributed by atoms with Gasteiger partial charge < -0.3 is 0 Å². The van der Waals surface area contributed by atoms with E-state index in [4.69, 9.17) is 0 Å². The van der Waals surface area contributed by atoms with Crippen LogP contribution in [0.3, 0.4) is 0 Å². The van der Waals surface area contributed by atoms with Crippen molar-refractivity contribution >= 4 is 11.9 Å². The van der Waals surface area contributed by atoms with E-state index in [2.05, 4.69) is 15.0 Å². The number of carbonyl (C=O) groups excluding carboxylic acids is 1. The minimum Gasteiger partial charge on any atom is -0.238 e. The molecule has 1 aliphatic rings. The van der Waals surface area contributed by atoms with Crippen molar-refractivity contribution in [3.05, 3.63) is 17.6 Å². The summed E-state index contributed by atoms with van der Waals surface area (Å²) < 4.78 is 0. The lowest BCUT2D eigenvalue weighted by Gasteiger charge is -1.99. The number of isocyanates is 1. The van der Waals surface area contributed by atoms with E-state index in [1.807, 2.05) is 0 Å². The first-order valence-electron chi connectivity index (χ1n) is 4.23. The quantitative estimate of drug-likeness (QED) is 0.507. The van der Waals surface area contributed by atoms with Gasteiger partial charge >= 0.3 is 0 Å². The lowest BCUT2D eigenvalue weighted by atomic mass is 10.3. The normalized spacial score (nSPS) is 15.2. The number of rotatable bonds is 2. The van der Waals surface area contributed by atoms with Crippen LogP contribution in [-0.4, -0.2) is 16.0 Å². The molecule has 66 valence electrons. The van der Waals surface area contributed by atoms with Crippen molar-refractivity contribution in [3.8, 4) is 0 Å². The minimum absolute atomic E-state index is 0.421. The number of aromatic nitrogens is 2. The molecule has 1 aliphatic carbocycles. The van der Waals surface area contributed by atoms with Crippen LogP contribution in [0, 0.1) is 6.92 Å². The first-order chi connectivity index (χ1) is 6.29. The fraction of sp³-hybridized carbons (Fsp3) is 0.444. The average Bonchev–Trinajstić information content (AvgIpc) is 2.85. The van der Waals surface area contributed by atoms with Crippen molar-refractivity contribution in [1.29, 1.82) is 0 Å². The second kappa shape index (κ2) is 3.07. The van der Waals surface area contributed by atoms with Crippen LogP contribution in [0.25, 0.3) is 0 Å².